The molecular weight excluding hydrogens is 234 g/mol. The Bertz CT molecular complexity index is 456. The van der Waals surface area contributed by atoms with E-state index < -0.39 is 17.9 Å². The molecule has 0 aliphatic rings. The molecule has 1 rings (SSSR count). The Kier molecular flexibility index (Phi) is 4.71. The van der Waals surface area contributed by atoms with Gasteiger partial charge in [0.05, 0.1) is 12.2 Å². The Morgan fingerprint density at radius 1 is 1.44 bits per heavy atom. The molecule has 1 unspecified atom stereocenters. The van der Waals surface area contributed by atoms with E-state index in [1.54, 1.807) is 13.0 Å². The summed E-state index contributed by atoms with van der Waals surface area (Å²) in [5, 5.41) is 12.1. The highest BCUT2D eigenvalue weighted by Crippen LogP contribution is 2.18. The van der Waals surface area contributed by atoms with Crippen molar-refractivity contribution in [3.8, 4) is 5.75 Å². The number of amides is 1. The second-order valence-electron chi connectivity index (χ2n) is 3.97. The number of esters is 1. The van der Waals surface area contributed by atoms with Crippen LogP contribution >= 0.6 is 0 Å². The van der Waals surface area contributed by atoms with E-state index in [1.165, 1.54) is 19.1 Å². The van der Waals surface area contributed by atoms with Crippen LogP contribution in [0.2, 0.25) is 0 Å². The zero-order chi connectivity index (χ0) is 13.7. The molecule has 0 spiro atoms. The molecular formula is C13H17NO4. The van der Waals surface area contributed by atoms with Crippen LogP contribution in [-0.4, -0.2) is 29.6 Å². The van der Waals surface area contributed by atoms with Gasteiger partial charge < -0.3 is 15.2 Å². The number of carbonyl (C=O) groups excluding carboxylic acids is 2. The zero-order valence-electron chi connectivity index (χ0n) is 10.7. The molecule has 0 saturated heterocycles. The number of hydrogen-bond donors (Lipinski definition) is 2. The highest BCUT2D eigenvalue weighted by Gasteiger charge is 2.19. The number of hydrogen-bond acceptors (Lipinski definition) is 4. The topological polar surface area (TPSA) is 75.6 Å². The van der Waals surface area contributed by atoms with Gasteiger partial charge in [-0.05, 0) is 38.5 Å². The van der Waals surface area contributed by atoms with Gasteiger partial charge in [-0.25, -0.2) is 4.79 Å². The van der Waals surface area contributed by atoms with Gasteiger partial charge in [-0.15, -0.1) is 0 Å². The predicted molar refractivity (Wildman–Crippen MR) is 66.4 cm³/mol. The molecule has 1 aromatic rings. The molecule has 0 radical (unpaired) electrons. The zero-order valence-corrected chi connectivity index (χ0v) is 10.7. The number of phenols is 1. The number of rotatable bonds is 4. The second kappa shape index (κ2) is 6.05. The molecule has 1 amide bonds. The number of carbonyl (C=O) groups is 2. The minimum atomic E-state index is -0.752. The molecule has 5 heteroatoms. The van der Waals surface area contributed by atoms with Crippen molar-refractivity contribution >= 4 is 11.9 Å². The van der Waals surface area contributed by atoms with E-state index in [0.717, 1.165) is 5.56 Å². The first-order chi connectivity index (χ1) is 8.45. The van der Waals surface area contributed by atoms with Gasteiger partial charge in [0, 0.05) is 0 Å². The minimum Gasteiger partial charge on any atom is -0.507 e. The average molecular weight is 251 g/mol. The van der Waals surface area contributed by atoms with E-state index >= 15 is 0 Å². The molecule has 0 saturated carbocycles. The number of aryl methyl sites for hydroxylation is 1. The molecule has 0 fully saturated rings. The lowest BCUT2D eigenvalue weighted by atomic mass is 10.1. The number of nitrogens with one attached hydrogen (secondary N) is 1. The van der Waals surface area contributed by atoms with Crippen LogP contribution in [-0.2, 0) is 9.53 Å². The Morgan fingerprint density at radius 2 is 2.11 bits per heavy atom. The Balaban J connectivity index is 2.73. The average Bonchev–Trinajstić information content (AvgIpc) is 2.28. The fourth-order valence-electron chi connectivity index (χ4n) is 1.43. The number of ether oxygens (including phenoxy) is 1. The SMILES string of the molecule is CCOC(=O)C(C)NC(=O)c1ccc(C)cc1O. The van der Waals surface area contributed by atoms with E-state index in [4.69, 9.17) is 4.74 Å². The lowest BCUT2D eigenvalue weighted by Crippen LogP contribution is -2.39. The van der Waals surface area contributed by atoms with Gasteiger partial charge in [-0.1, -0.05) is 6.07 Å². The van der Waals surface area contributed by atoms with Crippen LogP contribution in [0, 0.1) is 6.92 Å². The summed E-state index contributed by atoms with van der Waals surface area (Å²) in [6.45, 7) is 5.29. The quantitative estimate of drug-likeness (QED) is 0.793. The van der Waals surface area contributed by atoms with Crippen LogP contribution in [0.5, 0.6) is 5.75 Å². The van der Waals surface area contributed by atoms with E-state index in [1.807, 2.05) is 6.92 Å². The Hall–Kier alpha value is -2.04. The number of benzene rings is 1. The van der Waals surface area contributed by atoms with Crippen LogP contribution in [0.15, 0.2) is 18.2 Å². The van der Waals surface area contributed by atoms with Crippen LogP contribution in [0.4, 0.5) is 0 Å². The summed E-state index contributed by atoms with van der Waals surface area (Å²) in [6.07, 6.45) is 0. The highest BCUT2D eigenvalue weighted by atomic mass is 16.5. The molecule has 1 aromatic carbocycles. The Labute approximate surface area is 106 Å². The summed E-state index contributed by atoms with van der Waals surface area (Å²) in [6, 6.07) is 3.96. The molecule has 0 bridgehead atoms. The van der Waals surface area contributed by atoms with Crippen LogP contribution < -0.4 is 5.32 Å². The predicted octanol–water partition coefficient (Wildman–Crippen LogP) is 1.38. The first kappa shape index (κ1) is 14.0. The molecule has 2 N–H and O–H groups in total. The monoisotopic (exact) mass is 251 g/mol. The fraction of sp³-hybridized carbons (Fsp3) is 0.385. The van der Waals surface area contributed by atoms with Gasteiger partial charge in [0.1, 0.15) is 11.8 Å². The fourth-order valence-corrected chi connectivity index (χ4v) is 1.43. The summed E-state index contributed by atoms with van der Waals surface area (Å²) in [5.74, 6) is -1.12. The first-order valence-corrected chi connectivity index (χ1v) is 5.72. The van der Waals surface area contributed by atoms with Gasteiger partial charge >= 0.3 is 5.97 Å². The molecule has 0 aromatic heterocycles. The van der Waals surface area contributed by atoms with Gasteiger partial charge in [-0.3, -0.25) is 4.79 Å². The molecule has 5 nitrogen and oxygen atoms in total. The first-order valence-electron chi connectivity index (χ1n) is 5.72. The third-order valence-corrected chi connectivity index (χ3v) is 2.39. The normalized spacial score (nSPS) is 11.7. The van der Waals surface area contributed by atoms with E-state index in [-0.39, 0.29) is 17.9 Å². The van der Waals surface area contributed by atoms with Crippen molar-refractivity contribution in [2.24, 2.45) is 0 Å². The second-order valence-corrected chi connectivity index (χ2v) is 3.97. The maximum atomic E-state index is 11.8. The van der Waals surface area contributed by atoms with Gasteiger partial charge in [0.2, 0.25) is 0 Å². The van der Waals surface area contributed by atoms with Crippen molar-refractivity contribution in [3.63, 3.8) is 0 Å². The molecule has 18 heavy (non-hydrogen) atoms. The summed E-state index contributed by atoms with van der Waals surface area (Å²) < 4.78 is 4.77. The van der Waals surface area contributed by atoms with Crippen molar-refractivity contribution in [2.45, 2.75) is 26.8 Å². The summed E-state index contributed by atoms with van der Waals surface area (Å²) in [7, 11) is 0. The minimum absolute atomic E-state index is 0.108. The standard InChI is InChI=1S/C13H17NO4/c1-4-18-13(17)9(3)14-12(16)10-6-5-8(2)7-11(10)15/h5-7,9,15H,4H2,1-3H3,(H,14,16). The van der Waals surface area contributed by atoms with E-state index in [0.29, 0.717) is 0 Å². The third-order valence-electron chi connectivity index (χ3n) is 2.39. The molecule has 1 atom stereocenters. The maximum absolute atomic E-state index is 11.8. The molecule has 98 valence electrons. The summed E-state index contributed by atoms with van der Waals surface area (Å²) in [5.41, 5.74) is 0.985. The molecule has 0 aliphatic heterocycles. The van der Waals surface area contributed by atoms with E-state index in [2.05, 4.69) is 5.32 Å². The van der Waals surface area contributed by atoms with Gasteiger partial charge in [-0.2, -0.15) is 0 Å². The number of phenolic OH excluding ortho intramolecular Hbond substituents is 1. The van der Waals surface area contributed by atoms with Crippen LogP contribution in [0.3, 0.4) is 0 Å². The van der Waals surface area contributed by atoms with Crippen molar-refractivity contribution in [1.29, 1.82) is 0 Å². The largest absolute Gasteiger partial charge is 0.507 e. The van der Waals surface area contributed by atoms with Crippen LogP contribution in [0.25, 0.3) is 0 Å². The Morgan fingerprint density at radius 3 is 2.67 bits per heavy atom. The lowest BCUT2D eigenvalue weighted by molar-refractivity contribution is -0.144. The highest BCUT2D eigenvalue weighted by molar-refractivity contribution is 5.98. The van der Waals surface area contributed by atoms with Crippen molar-refractivity contribution in [2.75, 3.05) is 6.61 Å². The third kappa shape index (κ3) is 3.48. The smallest absolute Gasteiger partial charge is 0.328 e. The summed E-state index contributed by atoms with van der Waals surface area (Å²) in [4.78, 5) is 23.2. The van der Waals surface area contributed by atoms with Crippen molar-refractivity contribution < 1.29 is 19.4 Å². The maximum Gasteiger partial charge on any atom is 0.328 e. The van der Waals surface area contributed by atoms with Crippen LogP contribution in [0.1, 0.15) is 29.8 Å². The van der Waals surface area contributed by atoms with Gasteiger partial charge in [0.25, 0.3) is 5.91 Å². The molecule has 0 aliphatic carbocycles. The van der Waals surface area contributed by atoms with Crippen molar-refractivity contribution in [1.82, 2.24) is 5.32 Å². The molecule has 0 heterocycles. The van der Waals surface area contributed by atoms with Crippen molar-refractivity contribution in [3.05, 3.63) is 29.3 Å². The lowest BCUT2D eigenvalue weighted by Gasteiger charge is -2.13. The van der Waals surface area contributed by atoms with Gasteiger partial charge in [0.15, 0.2) is 0 Å². The summed E-state index contributed by atoms with van der Waals surface area (Å²) >= 11 is 0. The van der Waals surface area contributed by atoms with E-state index in [9.17, 15) is 14.7 Å². The number of aromatic hydroxyl groups is 1.